The van der Waals surface area contributed by atoms with E-state index in [4.69, 9.17) is 4.98 Å². The van der Waals surface area contributed by atoms with Crippen molar-refractivity contribution < 1.29 is 14.5 Å². The fraction of sp³-hybridized carbons (Fsp3) is 0.471. The van der Waals surface area contributed by atoms with Crippen molar-refractivity contribution in [2.24, 2.45) is 0 Å². The van der Waals surface area contributed by atoms with Crippen molar-refractivity contribution in [3.05, 3.63) is 29.3 Å². The zero-order valence-electron chi connectivity index (χ0n) is 13.8. The Morgan fingerprint density at radius 3 is 2.92 bits per heavy atom. The number of hydrogen-bond acceptors (Lipinski definition) is 4. The highest BCUT2D eigenvalue weighted by atomic mass is 32.1. The minimum Gasteiger partial charge on any atom is -0.358 e. The Morgan fingerprint density at radius 2 is 2.12 bits per heavy atom. The SMILES string of the molecule is CNC(=O)CNC(=O)C[NH+]1CCCC[C@@H]1c1nc2ccccc2s1. The molecule has 1 saturated heterocycles. The number of rotatable bonds is 5. The van der Waals surface area contributed by atoms with Gasteiger partial charge in [0.1, 0.15) is 6.04 Å². The van der Waals surface area contributed by atoms with E-state index >= 15 is 0 Å². The van der Waals surface area contributed by atoms with Crippen LogP contribution in [0.2, 0.25) is 0 Å². The van der Waals surface area contributed by atoms with Gasteiger partial charge in [0.05, 0.1) is 23.3 Å². The first-order chi connectivity index (χ1) is 11.7. The summed E-state index contributed by atoms with van der Waals surface area (Å²) in [5.74, 6) is -0.263. The van der Waals surface area contributed by atoms with Gasteiger partial charge in [0, 0.05) is 13.5 Å². The number of hydrogen-bond donors (Lipinski definition) is 3. The molecule has 1 aromatic heterocycles. The molecule has 0 bridgehead atoms. The maximum Gasteiger partial charge on any atom is 0.275 e. The number of carbonyl (C=O) groups is 2. The predicted molar refractivity (Wildman–Crippen MR) is 94.0 cm³/mol. The number of quaternary nitrogens is 1. The molecule has 3 rings (SSSR count). The number of amides is 2. The zero-order valence-corrected chi connectivity index (χ0v) is 14.6. The van der Waals surface area contributed by atoms with Gasteiger partial charge in [-0.05, 0) is 25.0 Å². The van der Waals surface area contributed by atoms with Crippen LogP contribution in [0.25, 0.3) is 10.2 Å². The van der Waals surface area contributed by atoms with Crippen LogP contribution in [0, 0.1) is 0 Å². The molecule has 1 unspecified atom stereocenters. The number of thiazole rings is 1. The van der Waals surface area contributed by atoms with E-state index in [1.54, 1.807) is 18.4 Å². The Kier molecular flexibility index (Phi) is 5.42. The minimum absolute atomic E-state index is 0.0361. The molecule has 0 saturated carbocycles. The summed E-state index contributed by atoms with van der Waals surface area (Å²) in [7, 11) is 1.56. The Hall–Kier alpha value is -1.99. The van der Waals surface area contributed by atoms with Crippen LogP contribution in [0.3, 0.4) is 0 Å². The first-order valence-corrected chi connectivity index (χ1v) is 9.16. The van der Waals surface area contributed by atoms with Crippen LogP contribution in [0.4, 0.5) is 0 Å². The molecule has 0 radical (unpaired) electrons. The summed E-state index contributed by atoms with van der Waals surface area (Å²) in [6, 6.07) is 8.43. The van der Waals surface area contributed by atoms with Crippen molar-refractivity contribution in [1.29, 1.82) is 0 Å². The van der Waals surface area contributed by atoms with E-state index in [1.807, 2.05) is 18.2 Å². The number of aromatic nitrogens is 1. The number of likely N-dealkylation sites (N-methyl/N-ethyl adjacent to an activating group) is 1. The van der Waals surface area contributed by atoms with Gasteiger partial charge in [0.15, 0.2) is 11.6 Å². The largest absolute Gasteiger partial charge is 0.358 e. The highest BCUT2D eigenvalue weighted by Crippen LogP contribution is 2.28. The molecule has 0 spiro atoms. The van der Waals surface area contributed by atoms with Gasteiger partial charge >= 0.3 is 0 Å². The summed E-state index contributed by atoms with van der Waals surface area (Å²) >= 11 is 1.73. The second-order valence-corrected chi connectivity index (χ2v) is 7.17. The van der Waals surface area contributed by atoms with E-state index in [-0.39, 0.29) is 24.4 Å². The third kappa shape index (κ3) is 3.91. The lowest BCUT2D eigenvalue weighted by Gasteiger charge is -2.30. The quantitative estimate of drug-likeness (QED) is 0.727. The molecule has 3 N–H and O–H groups in total. The Morgan fingerprint density at radius 1 is 1.29 bits per heavy atom. The van der Waals surface area contributed by atoms with E-state index in [0.717, 1.165) is 29.9 Å². The maximum atomic E-state index is 12.2. The number of nitrogens with one attached hydrogen (secondary N) is 3. The summed E-state index contributed by atoms with van der Waals surface area (Å²) in [4.78, 5) is 29.4. The van der Waals surface area contributed by atoms with Crippen molar-refractivity contribution in [2.75, 3.05) is 26.7 Å². The molecule has 1 aliphatic heterocycles. The van der Waals surface area contributed by atoms with E-state index in [9.17, 15) is 9.59 Å². The molecular formula is C17H23N4O2S+. The van der Waals surface area contributed by atoms with Crippen LogP contribution in [0.15, 0.2) is 24.3 Å². The Bertz CT molecular complexity index is 697. The van der Waals surface area contributed by atoms with Crippen molar-refractivity contribution in [3.63, 3.8) is 0 Å². The number of carbonyl (C=O) groups excluding carboxylic acids is 2. The van der Waals surface area contributed by atoms with Crippen molar-refractivity contribution in [2.45, 2.75) is 25.3 Å². The van der Waals surface area contributed by atoms with Gasteiger partial charge in [0.25, 0.3) is 5.91 Å². The first kappa shape index (κ1) is 16.9. The fourth-order valence-electron chi connectivity index (χ4n) is 3.16. The molecule has 1 fully saturated rings. The third-order valence-electron chi connectivity index (χ3n) is 4.45. The van der Waals surface area contributed by atoms with Crippen LogP contribution in [-0.4, -0.2) is 43.5 Å². The number of piperidine rings is 1. The first-order valence-electron chi connectivity index (χ1n) is 8.34. The number of nitrogens with zero attached hydrogens (tertiary/aromatic N) is 1. The molecule has 2 heterocycles. The summed E-state index contributed by atoms with van der Waals surface area (Å²) < 4.78 is 1.20. The maximum absolute atomic E-state index is 12.2. The van der Waals surface area contributed by atoms with Gasteiger partial charge in [-0.15, -0.1) is 11.3 Å². The van der Waals surface area contributed by atoms with Crippen LogP contribution < -0.4 is 15.5 Å². The van der Waals surface area contributed by atoms with Gasteiger partial charge in [-0.25, -0.2) is 4.98 Å². The number of fused-ring (bicyclic) bond motifs is 1. The molecule has 2 aromatic rings. The van der Waals surface area contributed by atoms with Crippen molar-refractivity contribution in [1.82, 2.24) is 15.6 Å². The van der Waals surface area contributed by atoms with Crippen LogP contribution in [-0.2, 0) is 9.59 Å². The molecule has 0 aliphatic carbocycles. The Labute approximate surface area is 145 Å². The third-order valence-corrected chi connectivity index (χ3v) is 5.60. The Balaban J connectivity index is 1.69. The average molecular weight is 347 g/mol. The predicted octanol–water partition coefficient (Wildman–Crippen LogP) is 0.268. The molecule has 1 aliphatic rings. The molecule has 6 nitrogen and oxygen atoms in total. The van der Waals surface area contributed by atoms with E-state index in [1.165, 1.54) is 16.0 Å². The lowest BCUT2D eigenvalue weighted by atomic mass is 10.0. The second-order valence-electron chi connectivity index (χ2n) is 6.10. The highest BCUT2D eigenvalue weighted by molar-refractivity contribution is 7.18. The summed E-state index contributed by atoms with van der Waals surface area (Å²) in [5.41, 5.74) is 1.03. The summed E-state index contributed by atoms with van der Waals surface area (Å²) in [6.07, 6.45) is 3.35. The number of benzene rings is 1. The molecule has 24 heavy (non-hydrogen) atoms. The standard InChI is InChI=1S/C17H22N4O2S/c1-18-15(22)10-19-16(23)11-21-9-5-4-7-13(21)17-20-12-6-2-3-8-14(12)24-17/h2-3,6,8,13H,4-5,7,9-11H2,1H3,(H,18,22)(H,19,23)/p+1/t13-/m1/s1. The normalized spacial score (nSPS) is 20.7. The molecule has 128 valence electrons. The molecule has 2 amide bonds. The van der Waals surface area contributed by atoms with Crippen LogP contribution in [0.5, 0.6) is 0 Å². The molecule has 7 heteroatoms. The van der Waals surface area contributed by atoms with Gasteiger partial charge < -0.3 is 15.5 Å². The molecule has 2 atom stereocenters. The van der Waals surface area contributed by atoms with E-state index in [0.29, 0.717) is 6.54 Å². The van der Waals surface area contributed by atoms with Crippen molar-refractivity contribution >= 4 is 33.4 Å². The highest BCUT2D eigenvalue weighted by Gasteiger charge is 2.31. The number of para-hydroxylation sites is 1. The van der Waals surface area contributed by atoms with E-state index in [2.05, 4.69) is 16.7 Å². The molecule has 1 aromatic carbocycles. The average Bonchev–Trinajstić information content (AvgIpc) is 3.04. The smallest absolute Gasteiger partial charge is 0.275 e. The zero-order chi connectivity index (χ0) is 16.9. The minimum atomic E-state index is -0.181. The number of likely N-dealkylation sites (tertiary alicyclic amines) is 1. The van der Waals surface area contributed by atoms with Gasteiger partial charge in [-0.1, -0.05) is 12.1 Å². The lowest BCUT2D eigenvalue weighted by Crippen LogP contribution is -3.14. The van der Waals surface area contributed by atoms with Crippen LogP contribution in [0.1, 0.15) is 30.3 Å². The second kappa shape index (κ2) is 7.72. The van der Waals surface area contributed by atoms with Gasteiger partial charge in [-0.3, -0.25) is 9.59 Å². The van der Waals surface area contributed by atoms with Crippen LogP contribution >= 0.6 is 11.3 Å². The van der Waals surface area contributed by atoms with Crippen molar-refractivity contribution in [3.8, 4) is 0 Å². The topological polar surface area (TPSA) is 75.5 Å². The van der Waals surface area contributed by atoms with Gasteiger partial charge in [0.2, 0.25) is 5.91 Å². The lowest BCUT2D eigenvalue weighted by molar-refractivity contribution is -0.929. The summed E-state index contributed by atoms with van der Waals surface area (Å²) in [5, 5.41) is 6.31. The van der Waals surface area contributed by atoms with E-state index < -0.39 is 0 Å². The monoisotopic (exact) mass is 347 g/mol. The molecular weight excluding hydrogens is 324 g/mol. The summed E-state index contributed by atoms with van der Waals surface area (Å²) in [6.45, 7) is 1.39. The van der Waals surface area contributed by atoms with Gasteiger partial charge in [-0.2, -0.15) is 0 Å². The fourth-order valence-corrected chi connectivity index (χ4v) is 4.32.